The van der Waals surface area contributed by atoms with Crippen LogP contribution in [-0.2, 0) is 0 Å². The number of anilines is 1. The van der Waals surface area contributed by atoms with Gasteiger partial charge in [0.25, 0.3) is 0 Å². The van der Waals surface area contributed by atoms with E-state index in [1.807, 2.05) is 42.2 Å². The number of piperazine rings is 1. The molecule has 1 saturated heterocycles. The van der Waals surface area contributed by atoms with E-state index in [-0.39, 0.29) is 12.1 Å². The van der Waals surface area contributed by atoms with Crippen molar-refractivity contribution in [3.05, 3.63) is 53.9 Å². The molecule has 1 fully saturated rings. The van der Waals surface area contributed by atoms with E-state index in [9.17, 15) is 4.79 Å². The molecule has 1 aliphatic rings. The van der Waals surface area contributed by atoms with Crippen molar-refractivity contribution in [2.24, 2.45) is 0 Å². The Morgan fingerprint density at radius 2 is 2.24 bits per heavy atom. The number of benzene rings is 1. The van der Waals surface area contributed by atoms with E-state index in [1.165, 1.54) is 5.56 Å². The fourth-order valence-corrected chi connectivity index (χ4v) is 2.82. The zero-order valence-electron chi connectivity index (χ0n) is 14.7. The highest BCUT2D eigenvalue weighted by Gasteiger charge is 2.27. The molecule has 1 atom stereocenters. The largest absolute Gasteiger partial charge is 0.490 e. The first-order chi connectivity index (χ1) is 12.1. The maximum Gasteiger partial charge on any atom is 0.322 e. The monoisotopic (exact) mass is 340 g/mol. The van der Waals surface area contributed by atoms with Gasteiger partial charge in [-0.3, -0.25) is 4.98 Å². The molecule has 2 amide bonds. The maximum atomic E-state index is 12.7. The molecular weight excluding hydrogens is 316 g/mol. The Balaban J connectivity index is 1.63. The van der Waals surface area contributed by atoms with Crippen molar-refractivity contribution in [3.8, 4) is 5.75 Å². The molecule has 25 heavy (non-hydrogen) atoms. The number of rotatable bonds is 4. The molecule has 1 aliphatic heterocycles. The molecule has 1 unspecified atom stereocenters. The number of ether oxygens (including phenoxy) is 1. The summed E-state index contributed by atoms with van der Waals surface area (Å²) in [5, 5.41) is 6.32. The van der Waals surface area contributed by atoms with Crippen LogP contribution in [0, 0.1) is 13.8 Å². The molecule has 0 aliphatic carbocycles. The van der Waals surface area contributed by atoms with Crippen LogP contribution in [0.4, 0.5) is 10.5 Å². The van der Waals surface area contributed by atoms with E-state index in [0.29, 0.717) is 25.4 Å². The van der Waals surface area contributed by atoms with Crippen LogP contribution < -0.4 is 15.4 Å². The van der Waals surface area contributed by atoms with Crippen LogP contribution in [0.25, 0.3) is 0 Å². The number of hydrogen-bond acceptors (Lipinski definition) is 4. The summed E-state index contributed by atoms with van der Waals surface area (Å²) in [7, 11) is 0. The lowest BCUT2D eigenvalue weighted by Crippen LogP contribution is -2.57. The molecule has 0 radical (unpaired) electrons. The first-order valence-corrected chi connectivity index (χ1v) is 8.52. The molecule has 0 bridgehead atoms. The number of hydrogen-bond donors (Lipinski definition) is 2. The predicted molar refractivity (Wildman–Crippen MR) is 98.0 cm³/mol. The van der Waals surface area contributed by atoms with Crippen LogP contribution in [-0.4, -0.2) is 48.2 Å². The van der Waals surface area contributed by atoms with E-state index in [1.54, 1.807) is 12.4 Å². The Bertz CT molecular complexity index is 721. The molecule has 2 N–H and O–H groups in total. The van der Waals surface area contributed by atoms with Gasteiger partial charge in [-0.15, -0.1) is 0 Å². The third-order valence-corrected chi connectivity index (χ3v) is 4.45. The molecule has 0 saturated carbocycles. The molecule has 2 heterocycles. The normalized spacial score (nSPS) is 17.2. The summed E-state index contributed by atoms with van der Waals surface area (Å²) in [5.74, 6) is 0.711. The first kappa shape index (κ1) is 17.2. The number of urea groups is 1. The van der Waals surface area contributed by atoms with Crippen LogP contribution in [0.3, 0.4) is 0 Å². The van der Waals surface area contributed by atoms with Gasteiger partial charge in [-0.25, -0.2) is 4.79 Å². The van der Waals surface area contributed by atoms with E-state index < -0.39 is 0 Å². The zero-order valence-corrected chi connectivity index (χ0v) is 14.7. The molecule has 1 aromatic carbocycles. The van der Waals surface area contributed by atoms with Gasteiger partial charge in [0, 0.05) is 31.5 Å². The van der Waals surface area contributed by atoms with Gasteiger partial charge in [-0.1, -0.05) is 6.07 Å². The molecular formula is C19H24N4O2. The van der Waals surface area contributed by atoms with Crippen molar-refractivity contribution >= 4 is 11.7 Å². The number of aryl methyl sites for hydroxylation is 2. The molecule has 2 aromatic rings. The summed E-state index contributed by atoms with van der Waals surface area (Å²) in [5.41, 5.74) is 3.19. The minimum absolute atomic E-state index is 0.0273. The Morgan fingerprint density at radius 1 is 1.36 bits per heavy atom. The third kappa shape index (κ3) is 4.48. The van der Waals surface area contributed by atoms with Crippen LogP contribution in [0.5, 0.6) is 5.75 Å². The number of aromatic nitrogens is 1. The molecule has 3 rings (SSSR count). The minimum atomic E-state index is -0.0930. The van der Waals surface area contributed by atoms with Crippen molar-refractivity contribution in [3.63, 3.8) is 0 Å². The van der Waals surface area contributed by atoms with E-state index in [4.69, 9.17) is 4.74 Å². The second-order valence-electron chi connectivity index (χ2n) is 6.28. The van der Waals surface area contributed by atoms with E-state index in [0.717, 1.165) is 17.8 Å². The fourth-order valence-electron chi connectivity index (χ4n) is 2.82. The number of nitrogens with zero attached hydrogens (tertiary/aromatic N) is 2. The fraction of sp³-hybridized carbons (Fsp3) is 0.368. The Morgan fingerprint density at radius 3 is 3.00 bits per heavy atom. The second kappa shape index (κ2) is 7.98. The average Bonchev–Trinajstić information content (AvgIpc) is 2.64. The number of pyridine rings is 1. The van der Waals surface area contributed by atoms with Crippen molar-refractivity contribution in [2.75, 3.05) is 31.6 Å². The standard InChI is InChI=1S/C19H24N4O2/c1-14-5-6-16(10-15(14)2)22-19(24)23-9-8-21-11-17(23)13-25-18-4-3-7-20-12-18/h3-7,10,12,17,21H,8-9,11,13H2,1-2H3,(H,22,24). The van der Waals surface area contributed by atoms with Gasteiger partial charge < -0.3 is 20.3 Å². The summed E-state index contributed by atoms with van der Waals surface area (Å²) in [6.07, 6.45) is 3.38. The summed E-state index contributed by atoms with van der Waals surface area (Å²) < 4.78 is 5.79. The average molecular weight is 340 g/mol. The lowest BCUT2D eigenvalue weighted by molar-refractivity contribution is 0.133. The molecule has 1 aromatic heterocycles. The SMILES string of the molecule is Cc1ccc(NC(=O)N2CCNCC2COc2cccnc2)cc1C. The van der Waals surface area contributed by atoms with Gasteiger partial charge in [0.05, 0.1) is 12.2 Å². The lowest BCUT2D eigenvalue weighted by Gasteiger charge is -2.36. The van der Waals surface area contributed by atoms with Gasteiger partial charge in [0.2, 0.25) is 0 Å². The van der Waals surface area contributed by atoms with Gasteiger partial charge in [-0.05, 0) is 49.2 Å². The van der Waals surface area contributed by atoms with E-state index >= 15 is 0 Å². The van der Waals surface area contributed by atoms with Gasteiger partial charge in [-0.2, -0.15) is 0 Å². The molecule has 6 nitrogen and oxygen atoms in total. The van der Waals surface area contributed by atoms with Crippen LogP contribution in [0.1, 0.15) is 11.1 Å². The van der Waals surface area contributed by atoms with Crippen molar-refractivity contribution < 1.29 is 9.53 Å². The maximum absolute atomic E-state index is 12.7. The van der Waals surface area contributed by atoms with E-state index in [2.05, 4.69) is 22.5 Å². The van der Waals surface area contributed by atoms with Gasteiger partial charge in [0.15, 0.2) is 0 Å². The molecule has 132 valence electrons. The Hall–Kier alpha value is -2.60. The third-order valence-electron chi connectivity index (χ3n) is 4.45. The Kier molecular flexibility index (Phi) is 5.50. The first-order valence-electron chi connectivity index (χ1n) is 8.52. The summed E-state index contributed by atoms with van der Waals surface area (Å²) in [6, 6.07) is 9.53. The predicted octanol–water partition coefficient (Wildman–Crippen LogP) is 2.58. The molecule has 6 heteroatoms. The van der Waals surface area contributed by atoms with Crippen molar-refractivity contribution in [1.29, 1.82) is 0 Å². The quantitative estimate of drug-likeness (QED) is 0.898. The number of amides is 2. The highest BCUT2D eigenvalue weighted by atomic mass is 16.5. The number of carbonyl (C=O) groups is 1. The summed E-state index contributed by atoms with van der Waals surface area (Å²) in [6.45, 7) is 6.67. The van der Waals surface area contributed by atoms with Gasteiger partial charge in [0.1, 0.15) is 12.4 Å². The topological polar surface area (TPSA) is 66.5 Å². The smallest absolute Gasteiger partial charge is 0.322 e. The number of nitrogens with one attached hydrogen (secondary N) is 2. The highest BCUT2D eigenvalue weighted by molar-refractivity contribution is 5.89. The Labute approximate surface area is 148 Å². The van der Waals surface area contributed by atoms with Crippen LogP contribution in [0.15, 0.2) is 42.7 Å². The van der Waals surface area contributed by atoms with Gasteiger partial charge >= 0.3 is 6.03 Å². The van der Waals surface area contributed by atoms with Crippen LogP contribution >= 0.6 is 0 Å². The summed E-state index contributed by atoms with van der Waals surface area (Å²) in [4.78, 5) is 18.6. The minimum Gasteiger partial charge on any atom is -0.490 e. The highest BCUT2D eigenvalue weighted by Crippen LogP contribution is 2.16. The second-order valence-corrected chi connectivity index (χ2v) is 6.28. The zero-order chi connectivity index (χ0) is 17.6. The van der Waals surface area contributed by atoms with Crippen molar-refractivity contribution in [1.82, 2.24) is 15.2 Å². The molecule has 0 spiro atoms. The number of carbonyl (C=O) groups excluding carboxylic acids is 1. The van der Waals surface area contributed by atoms with Crippen molar-refractivity contribution in [2.45, 2.75) is 19.9 Å². The summed E-state index contributed by atoms with van der Waals surface area (Å²) >= 11 is 0. The lowest BCUT2D eigenvalue weighted by atomic mass is 10.1. The van der Waals surface area contributed by atoms with Crippen LogP contribution in [0.2, 0.25) is 0 Å².